The van der Waals surface area contributed by atoms with Crippen LogP contribution in [0.3, 0.4) is 0 Å². The van der Waals surface area contributed by atoms with Gasteiger partial charge in [0.2, 0.25) is 0 Å². The Morgan fingerprint density at radius 1 is 1.12 bits per heavy atom. The minimum absolute atomic E-state index is 0.713. The molecule has 0 heterocycles. The number of halogens is 3. The highest BCUT2D eigenvalue weighted by Crippen LogP contribution is 2.28. The molecule has 0 atom stereocenters. The van der Waals surface area contributed by atoms with Crippen molar-refractivity contribution in [1.82, 2.24) is 0 Å². The molecule has 4 heteroatoms. The zero-order valence-corrected chi connectivity index (χ0v) is 13.3. The van der Waals surface area contributed by atoms with Crippen molar-refractivity contribution in [2.45, 2.75) is 5.33 Å². The Morgan fingerprint density at radius 2 is 1.88 bits per heavy atom. The molecule has 0 aliphatic heterocycles. The normalized spacial score (nSPS) is 10.3. The van der Waals surface area contributed by atoms with Crippen LogP contribution in [0.15, 0.2) is 42.5 Å². The van der Waals surface area contributed by atoms with Gasteiger partial charge in [0.1, 0.15) is 11.5 Å². The molecular formula is C13H9BrClIO. The van der Waals surface area contributed by atoms with Gasteiger partial charge in [-0.05, 0) is 58.5 Å². The average Bonchev–Trinajstić information content (AvgIpc) is 2.29. The van der Waals surface area contributed by atoms with Crippen LogP contribution < -0.4 is 4.74 Å². The number of alkyl halides is 1. The largest absolute Gasteiger partial charge is 0.457 e. The lowest BCUT2D eigenvalue weighted by atomic mass is 10.2. The molecule has 0 unspecified atom stereocenters. The lowest BCUT2D eigenvalue weighted by Gasteiger charge is -2.08. The van der Waals surface area contributed by atoms with Gasteiger partial charge in [0.25, 0.3) is 0 Å². The van der Waals surface area contributed by atoms with Gasteiger partial charge in [-0.1, -0.05) is 39.7 Å². The molecule has 0 aromatic heterocycles. The van der Waals surface area contributed by atoms with Gasteiger partial charge in [-0.2, -0.15) is 0 Å². The lowest BCUT2D eigenvalue weighted by Crippen LogP contribution is -1.86. The van der Waals surface area contributed by atoms with E-state index >= 15 is 0 Å². The van der Waals surface area contributed by atoms with E-state index in [-0.39, 0.29) is 0 Å². The van der Waals surface area contributed by atoms with Gasteiger partial charge in [-0.3, -0.25) is 0 Å². The number of ether oxygens (including phenoxy) is 1. The maximum Gasteiger partial charge on any atom is 0.128 e. The number of hydrogen-bond acceptors (Lipinski definition) is 1. The summed E-state index contributed by atoms with van der Waals surface area (Å²) < 4.78 is 6.88. The van der Waals surface area contributed by atoms with Crippen LogP contribution >= 0.6 is 50.1 Å². The molecule has 88 valence electrons. The van der Waals surface area contributed by atoms with Crippen LogP contribution in [0.2, 0.25) is 5.02 Å². The van der Waals surface area contributed by atoms with Crippen LogP contribution in [0.4, 0.5) is 0 Å². The third-order valence-electron chi connectivity index (χ3n) is 2.20. The minimum Gasteiger partial charge on any atom is -0.457 e. The summed E-state index contributed by atoms with van der Waals surface area (Å²) in [4.78, 5) is 0. The van der Waals surface area contributed by atoms with Crippen molar-refractivity contribution >= 4 is 50.1 Å². The van der Waals surface area contributed by atoms with Crippen LogP contribution in [0.25, 0.3) is 0 Å². The van der Waals surface area contributed by atoms with Gasteiger partial charge < -0.3 is 4.74 Å². The highest BCUT2D eigenvalue weighted by Gasteiger charge is 2.03. The van der Waals surface area contributed by atoms with Crippen molar-refractivity contribution < 1.29 is 4.74 Å². The molecule has 0 aliphatic rings. The molecule has 0 fully saturated rings. The molecule has 2 rings (SSSR count). The zero-order chi connectivity index (χ0) is 12.3. The van der Waals surface area contributed by atoms with Crippen LogP contribution in [0.5, 0.6) is 11.5 Å². The maximum absolute atomic E-state index is 6.12. The highest BCUT2D eigenvalue weighted by atomic mass is 127. The molecule has 0 bridgehead atoms. The first kappa shape index (κ1) is 13.2. The van der Waals surface area contributed by atoms with Gasteiger partial charge in [-0.25, -0.2) is 0 Å². The van der Waals surface area contributed by atoms with Gasteiger partial charge in [-0.15, -0.1) is 0 Å². The monoisotopic (exact) mass is 422 g/mol. The standard InChI is InChI=1S/C13H9BrClIO/c14-8-9-4-5-12(7-13(9)15)17-11-3-1-2-10(16)6-11/h1-7H,8H2. The minimum atomic E-state index is 0.713. The van der Waals surface area contributed by atoms with Crippen LogP contribution in [-0.4, -0.2) is 0 Å². The van der Waals surface area contributed by atoms with E-state index in [1.165, 1.54) is 0 Å². The zero-order valence-electron chi connectivity index (χ0n) is 8.79. The topological polar surface area (TPSA) is 9.23 Å². The molecular weight excluding hydrogens is 414 g/mol. The second-order valence-corrected chi connectivity index (χ2v) is 5.66. The summed E-state index contributed by atoms with van der Waals surface area (Å²) in [6.45, 7) is 0. The Labute approximate surface area is 127 Å². The smallest absolute Gasteiger partial charge is 0.128 e. The predicted molar refractivity (Wildman–Crippen MR) is 83.3 cm³/mol. The van der Waals surface area contributed by atoms with Gasteiger partial charge >= 0.3 is 0 Å². The van der Waals surface area contributed by atoms with Crippen LogP contribution in [0, 0.1) is 3.57 Å². The Morgan fingerprint density at radius 3 is 2.53 bits per heavy atom. The Balaban J connectivity index is 2.22. The molecule has 0 saturated heterocycles. The fraction of sp³-hybridized carbons (Fsp3) is 0.0769. The third kappa shape index (κ3) is 3.60. The predicted octanol–water partition coefficient (Wildman–Crippen LogP) is 5.63. The van der Waals surface area contributed by atoms with Crippen molar-refractivity contribution in [2.75, 3.05) is 0 Å². The first-order valence-electron chi connectivity index (χ1n) is 4.97. The fourth-order valence-corrected chi connectivity index (χ4v) is 2.77. The van der Waals surface area contributed by atoms with Crippen molar-refractivity contribution in [3.8, 4) is 11.5 Å². The highest BCUT2D eigenvalue weighted by molar-refractivity contribution is 14.1. The van der Waals surface area contributed by atoms with E-state index in [9.17, 15) is 0 Å². The number of hydrogen-bond donors (Lipinski definition) is 0. The molecule has 17 heavy (non-hydrogen) atoms. The molecule has 0 spiro atoms. The summed E-state index contributed by atoms with van der Waals surface area (Å²) in [7, 11) is 0. The fourth-order valence-electron chi connectivity index (χ4n) is 1.37. The molecule has 1 nitrogen and oxygen atoms in total. The van der Waals surface area contributed by atoms with Crippen molar-refractivity contribution in [2.24, 2.45) is 0 Å². The Kier molecular flexibility index (Phi) is 4.70. The van der Waals surface area contributed by atoms with E-state index in [2.05, 4.69) is 38.5 Å². The summed E-state index contributed by atoms with van der Waals surface area (Å²) in [6, 6.07) is 13.6. The molecule has 0 N–H and O–H groups in total. The number of benzene rings is 2. The summed E-state index contributed by atoms with van der Waals surface area (Å²) >= 11 is 11.8. The summed E-state index contributed by atoms with van der Waals surface area (Å²) in [5.74, 6) is 1.57. The van der Waals surface area contributed by atoms with Gasteiger partial charge in [0, 0.05) is 13.9 Å². The summed E-state index contributed by atoms with van der Waals surface area (Å²) in [6.07, 6.45) is 0. The molecule has 0 saturated carbocycles. The van der Waals surface area contributed by atoms with E-state index in [0.717, 1.165) is 26.0 Å². The molecule has 0 amide bonds. The first-order chi connectivity index (χ1) is 8.19. The van der Waals surface area contributed by atoms with Crippen molar-refractivity contribution in [3.63, 3.8) is 0 Å². The SMILES string of the molecule is Clc1cc(Oc2cccc(I)c2)ccc1CBr. The van der Waals surface area contributed by atoms with Crippen molar-refractivity contribution in [3.05, 3.63) is 56.6 Å². The quantitative estimate of drug-likeness (QED) is 0.459. The Hall–Kier alpha value is -0.260. The lowest BCUT2D eigenvalue weighted by molar-refractivity contribution is 0.482. The molecule has 0 radical (unpaired) electrons. The second-order valence-electron chi connectivity index (χ2n) is 3.45. The number of rotatable bonds is 3. The van der Waals surface area contributed by atoms with Crippen molar-refractivity contribution in [1.29, 1.82) is 0 Å². The molecule has 0 aliphatic carbocycles. The van der Waals surface area contributed by atoms with Crippen LogP contribution in [-0.2, 0) is 5.33 Å². The van der Waals surface area contributed by atoms with E-state index in [1.54, 1.807) is 0 Å². The van der Waals surface area contributed by atoms with Crippen LogP contribution in [0.1, 0.15) is 5.56 Å². The average molecular weight is 423 g/mol. The Bertz CT molecular complexity index is 531. The maximum atomic E-state index is 6.12. The van der Waals surface area contributed by atoms with E-state index in [4.69, 9.17) is 16.3 Å². The second kappa shape index (κ2) is 6.07. The summed E-state index contributed by atoms with van der Waals surface area (Å²) in [5.41, 5.74) is 1.06. The third-order valence-corrected chi connectivity index (χ3v) is 3.83. The molecule has 2 aromatic carbocycles. The van der Waals surface area contributed by atoms with E-state index in [0.29, 0.717) is 5.02 Å². The van der Waals surface area contributed by atoms with Gasteiger partial charge in [0.15, 0.2) is 0 Å². The summed E-state index contributed by atoms with van der Waals surface area (Å²) in [5, 5.41) is 1.46. The first-order valence-corrected chi connectivity index (χ1v) is 7.54. The van der Waals surface area contributed by atoms with E-state index < -0.39 is 0 Å². The van der Waals surface area contributed by atoms with E-state index in [1.807, 2.05) is 42.5 Å². The van der Waals surface area contributed by atoms with Gasteiger partial charge in [0.05, 0.1) is 0 Å². The molecule has 2 aromatic rings.